The Labute approximate surface area is 109 Å². The fraction of sp³-hybridized carbons (Fsp3) is 0.143. The Hall–Kier alpha value is -2.27. The summed E-state index contributed by atoms with van der Waals surface area (Å²) < 4.78 is 15.5. The molecule has 5 heteroatoms. The van der Waals surface area contributed by atoms with Crippen molar-refractivity contribution in [1.82, 2.24) is 14.4 Å². The average Bonchev–Trinajstić information content (AvgIpc) is 2.81. The van der Waals surface area contributed by atoms with Gasteiger partial charge in [0.05, 0.1) is 11.4 Å². The molecule has 19 heavy (non-hydrogen) atoms. The first-order valence-electron chi connectivity index (χ1n) is 6.06. The number of nitrogens with two attached hydrogens (primary N) is 1. The van der Waals surface area contributed by atoms with Gasteiger partial charge in [-0.1, -0.05) is 12.1 Å². The van der Waals surface area contributed by atoms with Crippen molar-refractivity contribution in [2.75, 3.05) is 6.54 Å². The molecule has 0 spiro atoms. The van der Waals surface area contributed by atoms with Crippen LogP contribution in [0.4, 0.5) is 4.39 Å². The molecule has 2 heterocycles. The minimum absolute atomic E-state index is 0.284. The van der Waals surface area contributed by atoms with Crippen LogP contribution in [-0.2, 0) is 6.42 Å². The van der Waals surface area contributed by atoms with Crippen molar-refractivity contribution in [3.63, 3.8) is 0 Å². The van der Waals surface area contributed by atoms with E-state index in [-0.39, 0.29) is 5.82 Å². The number of benzene rings is 1. The zero-order valence-corrected chi connectivity index (χ0v) is 10.3. The van der Waals surface area contributed by atoms with Crippen LogP contribution in [0.2, 0.25) is 0 Å². The van der Waals surface area contributed by atoms with Gasteiger partial charge in [0.25, 0.3) is 0 Å². The average molecular weight is 256 g/mol. The molecule has 0 aliphatic rings. The molecule has 0 saturated heterocycles. The number of fused-ring (bicyclic) bond motifs is 1. The van der Waals surface area contributed by atoms with Gasteiger partial charge >= 0.3 is 0 Å². The van der Waals surface area contributed by atoms with Crippen molar-refractivity contribution in [2.45, 2.75) is 6.42 Å². The predicted molar refractivity (Wildman–Crippen MR) is 71.1 cm³/mol. The Kier molecular flexibility index (Phi) is 2.97. The molecular weight excluding hydrogens is 243 g/mol. The number of rotatable bonds is 3. The van der Waals surface area contributed by atoms with Gasteiger partial charge in [0, 0.05) is 24.2 Å². The Morgan fingerprint density at radius 2 is 2.11 bits per heavy atom. The zero-order valence-electron chi connectivity index (χ0n) is 10.3. The number of imidazole rings is 1. The first kappa shape index (κ1) is 11.8. The standard InChI is InChI=1S/C14H13FN4/c15-12-4-2-1-3-11(12)13-7-14-18-10(5-6-16)8-19(14)9-17-13/h1-4,7-9H,5-6,16H2. The summed E-state index contributed by atoms with van der Waals surface area (Å²) in [6, 6.07) is 8.35. The number of aromatic nitrogens is 3. The summed E-state index contributed by atoms with van der Waals surface area (Å²) in [5, 5.41) is 0. The Balaban J connectivity index is 2.08. The zero-order chi connectivity index (χ0) is 13.2. The van der Waals surface area contributed by atoms with Crippen molar-refractivity contribution in [1.29, 1.82) is 0 Å². The van der Waals surface area contributed by atoms with Crippen LogP contribution >= 0.6 is 0 Å². The largest absolute Gasteiger partial charge is 0.330 e. The highest BCUT2D eigenvalue weighted by molar-refractivity contribution is 5.63. The van der Waals surface area contributed by atoms with E-state index in [9.17, 15) is 4.39 Å². The molecule has 0 aliphatic heterocycles. The SMILES string of the molecule is NCCc1cn2cnc(-c3ccccc3F)cc2n1. The van der Waals surface area contributed by atoms with E-state index < -0.39 is 0 Å². The molecular formula is C14H13FN4. The second-order valence-corrected chi connectivity index (χ2v) is 4.29. The summed E-state index contributed by atoms with van der Waals surface area (Å²) in [6.07, 6.45) is 4.25. The second-order valence-electron chi connectivity index (χ2n) is 4.29. The lowest BCUT2D eigenvalue weighted by molar-refractivity contribution is 0.630. The van der Waals surface area contributed by atoms with E-state index in [0.717, 1.165) is 17.8 Å². The maximum Gasteiger partial charge on any atom is 0.140 e. The normalized spacial score (nSPS) is 11.1. The van der Waals surface area contributed by atoms with Crippen molar-refractivity contribution >= 4 is 5.65 Å². The molecule has 2 aromatic heterocycles. The fourth-order valence-corrected chi connectivity index (χ4v) is 2.03. The Morgan fingerprint density at radius 1 is 1.26 bits per heavy atom. The number of halogens is 1. The summed E-state index contributed by atoms with van der Waals surface area (Å²) in [6.45, 7) is 0.553. The van der Waals surface area contributed by atoms with Gasteiger partial charge in [-0.3, -0.25) is 4.40 Å². The highest BCUT2D eigenvalue weighted by Crippen LogP contribution is 2.21. The third-order valence-electron chi connectivity index (χ3n) is 2.95. The number of hydrogen-bond acceptors (Lipinski definition) is 3. The Morgan fingerprint density at radius 3 is 2.89 bits per heavy atom. The van der Waals surface area contributed by atoms with E-state index >= 15 is 0 Å². The van der Waals surface area contributed by atoms with Gasteiger partial charge in [-0.15, -0.1) is 0 Å². The summed E-state index contributed by atoms with van der Waals surface area (Å²) in [4.78, 5) is 8.70. The lowest BCUT2D eigenvalue weighted by Crippen LogP contribution is -2.02. The van der Waals surface area contributed by atoms with E-state index in [4.69, 9.17) is 5.73 Å². The van der Waals surface area contributed by atoms with Crippen LogP contribution < -0.4 is 5.73 Å². The smallest absolute Gasteiger partial charge is 0.140 e. The molecule has 3 aromatic rings. The van der Waals surface area contributed by atoms with Crippen molar-refractivity contribution in [3.05, 3.63) is 54.4 Å². The molecule has 0 bridgehead atoms. The van der Waals surface area contributed by atoms with Gasteiger partial charge in [0.1, 0.15) is 17.8 Å². The maximum absolute atomic E-state index is 13.7. The molecule has 0 aliphatic carbocycles. The number of nitrogens with zero attached hydrogens (tertiary/aromatic N) is 3. The molecule has 0 fully saturated rings. The number of hydrogen-bond donors (Lipinski definition) is 1. The molecule has 1 aromatic carbocycles. The van der Waals surface area contributed by atoms with E-state index in [0.29, 0.717) is 17.8 Å². The first-order chi connectivity index (χ1) is 9.28. The van der Waals surface area contributed by atoms with Crippen molar-refractivity contribution in [2.24, 2.45) is 5.73 Å². The lowest BCUT2D eigenvalue weighted by atomic mass is 10.1. The van der Waals surface area contributed by atoms with Crippen LogP contribution in [0, 0.1) is 5.82 Å². The molecule has 4 nitrogen and oxygen atoms in total. The van der Waals surface area contributed by atoms with Crippen LogP contribution in [0.3, 0.4) is 0 Å². The monoisotopic (exact) mass is 256 g/mol. The lowest BCUT2D eigenvalue weighted by Gasteiger charge is -2.02. The molecule has 0 unspecified atom stereocenters. The molecule has 2 N–H and O–H groups in total. The van der Waals surface area contributed by atoms with Crippen LogP contribution in [0.1, 0.15) is 5.69 Å². The second kappa shape index (κ2) is 4.78. The van der Waals surface area contributed by atoms with Crippen LogP contribution in [0.5, 0.6) is 0 Å². The third-order valence-corrected chi connectivity index (χ3v) is 2.95. The third kappa shape index (κ3) is 2.20. The van der Waals surface area contributed by atoms with Gasteiger partial charge in [0.2, 0.25) is 0 Å². The quantitative estimate of drug-likeness (QED) is 0.780. The van der Waals surface area contributed by atoms with Gasteiger partial charge in [-0.2, -0.15) is 0 Å². The summed E-state index contributed by atoms with van der Waals surface area (Å²) in [5.74, 6) is -0.284. The molecule has 0 atom stereocenters. The van der Waals surface area contributed by atoms with Gasteiger partial charge < -0.3 is 5.73 Å². The van der Waals surface area contributed by atoms with Crippen molar-refractivity contribution in [3.8, 4) is 11.3 Å². The van der Waals surface area contributed by atoms with E-state index in [1.807, 2.05) is 10.6 Å². The van der Waals surface area contributed by atoms with Gasteiger partial charge in [-0.05, 0) is 18.7 Å². The molecule has 0 radical (unpaired) electrons. The molecule has 96 valence electrons. The van der Waals surface area contributed by atoms with E-state index in [2.05, 4.69) is 9.97 Å². The minimum atomic E-state index is -0.284. The van der Waals surface area contributed by atoms with Crippen LogP contribution in [0.15, 0.2) is 42.9 Å². The highest BCUT2D eigenvalue weighted by Gasteiger charge is 2.08. The summed E-state index contributed by atoms with van der Waals surface area (Å²) >= 11 is 0. The first-order valence-corrected chi connectivity index (χ1v) is 6.06. The van der Waals surface area contributed by atoms with Gasteiger partial charge in [-0.25, -0.2) is 14.4 Å². The minimum Gasteiger partial charge on any atom is -0.330 e. The fourth-order valence-electron chi connectivity index (χ4n) is 2.03. The van der Waals surface area contributed by atoms with Crippen LogP contribution in [0.25, 0.3) is 16.9 Å². The topological polar surface area (TPSA) is 56.2 Å². The van der Waals surface area contributed by atoms with E-state index in [1.54, 1.807) is 30.6 Å². The highest BCUT2D eigenvalue weighted by atomic mass is 19.1. The van der Waals surface area contributed by atoms with Gasteiger partial charge in [0.15, 0.2) is 0 Å². The summed E-state index contributed by atoms with van der Waals surface area (Å²) in [7, 11) is 0. The van der Waals surface area contributed by atoms with Crippen molar-refractivity contribution < 1.29 is 4.39 Å². The summed E-state index contributed by atoms with van der Waals surface area (Å²) in [5.41, 5.74) is 8.23. The van der Waals surface area contributed by atoms with Crippen LogP contribution in [-0.4, -0.2) is 20.9 Å². The molecule has 3 rings (SSSR count). The van der Waals surface area contributed by atoms with E-state index in [1.165, 1.54) is 6.07 Å². The Bertz CT molecular complexity index is 720. The molecule has 0 saturated carbocycles. The molecule has 0 amide bonds. The predicted octanol–water partition coefficient (Wildman–Crippen LogP) is 2.04. The maximum atomic E-state index is 13.7.